The molecule has 2 N–H and O–H groups in total. The number of hydrogen-bond donors (Lipinski definition) is 1. The van der Waals surface area contributed by atoms with Crippen molar-refractivity contribution in [3.8, 4) is 0 Å². The summed E-state index contributed by atoms with van der Waals surface area (Å²) in [5.74, 6) is 0. The first-order valence-electron chi connectivity index (χ1n) is 5.05. The van der Waals surface area contributed by atoms with Crippen LogP contribution in [-0.4, -0.2) is 0 Å². The second-order valence-corrected chi connectivity index (χ2v) is 4.78. The summed E-state index contributed by atoms with van der Waals surface area (Å²) in [7, 11) is 0. The van der Waals surface area contributed by atoms with Crippen LogP contribution in [0.25, 0.3) is 0 Å². The molecule has 0 saturated heterocycles. The third-order valence-electron chi connectivity index (χ3n) is 2.70. The Kier molecular flexibility index (Phi) is 2.89. The molecule has 0 spiro atoms. The summed E-state index contributed by atoms with van der Waals surface area (Å²) >= 11 is 1.72. The van der Waals surface area contributed by atoms with Crippen molar-refractivity contribution in [1.82, 2.24) is 0 Å². The third kappa shape index (κ3) is 1.96. The maximum atomic E-state index is 6.27. The molecule has 0 radical (unpaired) electrons. The predicted octanol–water partition coefficient (Wildman–Crippen LogP) is 3.41. The molecule has 1 atom stereocenters. The lowest BCUT2D eigenvalue weighted by Crippen LogP contribution is -2.13. The Morgan fingerprint density at radius 2 is 1.73 bits per heavy atom. The topological polar surface area (TPSA) is 26.0 Å². The van der Waals surface area contributed by atoms with Gasteiger partial charge in [0.1, 0.15) is 0 Å². The van der Waals surface area contributed by atoms with E-state index in [4.69, 9.17) is 5.73 Å². The van der Waals surface area contributed by atoms with Gasteiger partial charge < -0.3 is 5.73 Å². The van der Waals surface area contributed by atoms with E-state index < -0.39 is 0 Å². The average molecular weight is 217 g/mol. The van der Waals surface area contributed by atoms with Crippen LogP contribution in [0.5, 0.6) is 0 Å². The van der Waals surface area contributed by atoms with Crippen LogP contribution in [0.2, 0.25) is 0 Å². The van der Waals surface area contributed by atoms with Crippen molar-refractivity contribution in [2.75, 3.05) is 0 Å². The predicted molar refractivity (Wildman–Crippen MR) is 66.3 cm³/mol. The number of nitrogens with two attached hydrogens (primary N) is 1. The first-order chi connectivity index (χ1) is 7.20. The number of rotatable bonds is 2. The molecule has 1 aromatic carbocycles. The van der Waals surface area contributed by atoms with Crippen LogP contribution in [0.15, 0.2) is 35.7 Å². The molecule has 0 aliphatic carbocycles. The Morgan fingerprint density at radius 1 is 1.07 bits per heavy atom. The van der Waals surface area contributed by atoms with E-state index >= 15 is 0 Å². The average Bonchev–Trinajstić information content (AvgIpc) is 2.69. The second kappa shape index (κ2) is 4.17. The number of benzene rings is 1. The summed E-state index contributed by atoms with van der Waals surface area (Å²) in [5.41, 5.74) is 10.1. The van der Waals surface area contributed by atoms with Gasteiger partial charge in [0.15, 0.2) is 0 Å². The minimum atomic E-state index is 0.0196. The van der Waals surface area contributed by atoms with Crippen LogP contribution < -0.4 is 5.73 Å². The van der Waals surface area contributed by atoms with E-state index in [1.54, 1.807) is 11.3 Å². The van der Waals surface area contributed by atoms with Gasteiger partial charge in [-0.3, -0.25) is 0 Å². The smallest absolute Gasteiger partial charge is 0.0651 e. The van der Waals surface area contributed by atoms with Gasteiger partial charge in [-0.05, 0) is 42.0 Å². The minimum Gasteiger partial charge on any atom is -0.320 e. The van der Waals surface area contributed by atoms with Crippen molar-refractivity contribution in [2.24, 2.45) is 5.73 Å². The maximum absolute atomic E-state index is 6.27. The maximum Gasteiger partial charge on any atom is 0.0651 e. The number of hydrogen-bond acceptors (Lipinski definition) is 2. The zero-order valence-corrected chi connectivity index (χ0v) is 9.84. The van der Waals surface area contributed by atoms with Crippen LogP contribution in [-0.2, 0) is 0 Å². The molecule has 0 saturated carbocycles. The summed E-state index contributed by atoms with van der Waals surface area (Å²) in [6, 6.07) is 10.5. The van der Waals surface area contributed by atoms with Crippen molar-refractivity contribution in [1.29, 1.82) is 0 Å². The van der Waals surface area contributed by atoms with E-state index in [0.717, 1.165) is 0 Å². The van der Waals surface area contributed by atoms with Crippen molar-refractivity contribution in [3.63, 3.8) is 0 Å². The fourth-order valence-corrected chi connectivity index (χ4v) is 2.66. The van der Waals surface area contributed by atoms with Gasteiger partial charge >= 0.3 is 0 Å². The highest BCUT2D eigenvalue weighted by atomic mass is 32.1. The molecule has 1 nitrogen and oxygen atoms in total. The Balaban J connectivity index is 2.46. The summed E-state index contributed by atoms with van der Waals surface area (Å²) < 4.78 is 0. The fourth-order valence-electron chi connectivity index (χ4n) is 1.93. The molecule has 0 fully saturated rings. The molecule has 0 bridgehead atoms. The van der Waals surface area contributed by atoms with Gasteiger partial charge in [0.05, 0.1) is 6.04 Å². The van der Waals surface area contributed by atoms with Gasteiger partial charge in [0.2, 0.25) is 0 Å². The van der Waals surface area contributed by atoms with Crippen LogP contribution in [0.4, 0.5) is 0 Å². The SMILES string of the molecule is Cc1cccc(C)c1[C@H](N)c1cccs1. The lowest BCUT2D eigenvalue weighted by molar-refractivity contribution is 0.871. The Labute approximate surface area is 94.6 Å². The molecule has 1 aromatic heterocycles. The first kappa shape index (κ1) is 10.4. The molecule has 2 aromatic rings. The van der Waals surface area contributed by atoms with Crippen LogP contribution >= 0.6 is 11.3 Å². The van der Waals surface area contributed by atoms with Gasteiger partial charge in [-0.15, -0.1) is 11.3 Å². The Bertz CT molecular complexity index is 425. The van der Waals surface area contributed by atoms with Gasteiger partial charge in [-0.1, -0.05) is 24.3 Å². The molecule has 0 aliphatic heterocycles. The zero-order chi connectivity index (χ0) is 10.8. The molecule has 15 heavy (non-hydrogen) atoms. The molecule has 2 heteroatoms. The summed E-state index contributed by atoms with van der Waals surface area (Å²) in [4.78, 5) is 1.23. The molecule has 0 amide bonds. The van der Waals surface area contributed by atoms with E-state index in [9.17, 15) is 0 Å². The zero-order valence-electron chi connectivity index (χ0n) is 9.03. The summed E-state index contributed by atoms with van der Waals surface area (Å²) in [6.07, 6.45) is 0. The monoisotopic (exact) mass is 217 g/mol. The van der Waals surface area contributed by atoms with Gasteiger partial charge in [0.25, 0.3) is 0 Å². The molecule has 78 valence electrons. The molecule has 0 unspecified atom stereocenters. The first-order valence-corrected chi connectivity index (χ1v) is 5.93. The molecular formula is C13H15NS. The quantitative estimate of drug-likeness (QED) is 0.819. The van der Waals surface area contributed by atoms with Gasteiger partial charge in [-0.25, -0.2) is 0 Å². The summed E-state index contributed by atoms with van der Waals surface area (Å²) in [6.45, 7) is 4.24. The third-order valence-corrected chi connectivity index (χ3v) is 3.66. The fraction of sp³-hybridized carbons (Fsp3) is 0.231. The van der Waals surface area contributed by atoms with Crippen LogP contribution in [0.1, 0.15) is 27.6 Å². The normalized spacial score (nSPS) is 12.7. The van der Waals surface area contributed by atoms with Crippen molar-refractivity contribution < 1.29 is 0 Å². The Morgan fingerprint density at radius 3 is 2.27 bits per heavy atom. The van der Waals surface area contributed by atoms with E-state index in [0.29, 0.717) is 0 Å². The highest BCUT2D eigenvalue weighted by Crippen LogP contribution is 2.28. The number of thiophene rings is 1. The lowest BCUT2D eigenvalue weighted by Gasteiger charge is -2.16. The van der Waals surface area contributed by atoms with E-state index in [2.05, 4.69) is 43.5 Å². The number of aryl methyl sites for hydroxylation is 2. The van der Waals surface area contributed by atoms with Crippen LogP contribution in [0.3, 0.4) is 0 Å². The van der Waals surface area contributed by atoms with E-state index in [1.807, 2.05) is 6.07 Å². The molecule has 0 aliphatic rings. The summed E-state index contributed by atoms with van der Waals surface area (Å²) in [5, 5.41) is 2.07. The minimum absolute atomic E-state index is 0.0196. The lowest BCUT2D eigenvalue weighted by atomic mass is 9.96. The van der Waals surface area contributed by atoms with Crippen molar-refractivity contribution >= 4 is 11.3 Å². The van der Waals surface area contributed by atoms with Crippen LogP contribution in [0, 0.1) is 13.8 Å². The standard InChI is InChI=1S/C13H15NS/c1-9-5-3-6-10(2)12(9)13(14)11-7-4-8-15-11/h3-8,13H,14H2,1-2H3/t13-/m1/s1. The van der Waals surface area contributed by atoms with Crippen molar-refractivity contribution in [3.05, 3.63) is 57.3 Å². The van der Waals surface area contributed by atoms with E-state index in [-0.39, 0.29) is 6.04 Å². The van der Waals surface area contributed by atoms with Crippen molar-refractivity contribution in [2.45, 2.75) is 19.9 Å². The van der Waals surface area contributed by atoms with Gasteiger partial charge in [0, 0.05) is 4.88 Å². The Hall–Kier alpha value is -1.12. The molecule has 1 heterocycles. The molecular weight excluding hydrogens is 202 g/mol. The molecule has 2 rings (SSSR count). The van der Waals surface area contributed by atoms with Gasteiger partial charge in [-0.2, -0.15) is 0 Å². The largest absolute Gasteiger partial charge is 0.320 e. The highest BCUT2D eigenvalue weighted by Gasteiger charge is 2.13. The van der Waals surface area contributed by atoms with E-state index in [1.165, 1.54) is 21.6 Å². The highest BCUT2D eigenvalue weighted by molar-refractivity contribution is 7.10. The second-order valence-electron chi connectivity index (χ2n) is 3.80.